The van der Waals surface area contributed by atoms with Gasteiger partial charge in [0.25, 0.3) is 0 Å². The van der Waals surface area contributed by atoms with Crippen LogP contribution in [-0.2, 0) is 0 Å². The quantitative estimate of drug-likeness (QED) is 0.618. The van der Waals surface area contributed by atoms with E-state index in [9.17, 15) is 8.78 Å². The van der Waals surface area contributed by atoms with E-state index in [0.29, 0.717) is 18.0 Å². The molecule has 1 aromatic carbocycles. The van der Waals surface area contributed by atoms with Crippen LogP contribution in [0.3, 0.4) is 0 Å². The van der Waals surface area contributed by atoms with Gasteiger partial charge in [0.05, 0.1) is 11.6 Å². The van der Waals surface area contributed by atoms with Crippen molar-refractivity contribution in [3.05, 3.63) is 29.8 Å². The van der Waals surface area contributed by atoms with Crippen LogP contribution in [0.15, 0.2) is 18.2 Å². The van der Waals surface area contributed by atoms with E-state index in [4.69, 9.17) is 22.7 Å². The first-order valence-electron chi connectivity index (χ1n) is 4.95. The van der Waals surface area contributed by atoms with Gasteiger partial charge in [-0.3, -0.25) is 0 Å². The highest BCUT2D eigenvalue weighted by molar-refractivity contribution is 7.80. The molecule has 0 aliphatic rings. The topological polar surface area (TPSA) is 35.2 Å². The van der Waals surface area contributed by atoms with Gasteiger partial charge >= 0.3 is 0 Å². The third-order valence-corrected chi connectivity index (χ3v) is 2.13. The number of benzene rings is 1. The Morgan fingerprint density at radius 1 is 1.19 bits per heavy atom. The predicted octanol–water partition coefficient (Wildman–Crippen LogP) is 2.80. The molecule has 0 bridgehead atoms. The third kappa shape index (κ3) is 5.02. The molecule has 88 valence electrons. The summed E-state index contributed by atoms with van der Waals surface area (Å²) in [5, 5.41) is 0. The number of thiocarbonyl (C=S) groups is 1. The monoisotopic (exact) mass is 245 g/mol. The molecular formula is C11H13F2NOS. The zero-order valence-electron chi connectivity index (χ0n) is 8.71. The van der Waals surface area contributed by atoms with E-state index >= 15 is 0 Å². The van der Waals surface area contributed by atoms with Gasteiger partial charge in [0.15, 0.2) is 0 Å². The third-order valence-electron chi connectivity index (χ3n) is 1.92. The minimum atomic E-state index is -0.641. The average molecular weight is 245 g/mol. The van der Waals surface area contributed by atoms with Crippen molar-refractivity contribution in [2.45, 2.75) is 19.3 Å². The maximum atomic E-state index is 12.8. The van der Waals surface area contributed by atoms with Gasteiger partial charge in [0.2, 0.25) is 0 Å². The Bertz CT molecular complexity index is 351. The van der Waals surface area contributed by atoms with Crippen molar-refractivity contribution in [2.24, 2.45) is 5.73 Å². The van der Waals surface area contributed by atoms with Crippen molar-refractivity contribution in [1.29, 1.82) is 0 Å². The lowest BCUT2D eigenvalue weighted by Crippen LogP contribution is -2.08. The SMILES string of the molecule is NC(=S)CCCCOc1cc(F)cc(F)c1. The smallest absolute Gasteiger partial charge is 0.129 e. The molecule has 0 aliphatic carbocycles. The Morgan fingerprint density at radius 2 is 1.81 bits per heavy atom. The van der Waals surface area contributed by atoms with E-state index in [2.05, 4.69) is 0 Å². The summed E-state index contributed by atoms with van der Waals surface area (Å²) in [6.07, 6.45) is 2.22. The molecule has 0 saturated carbocycles. The summed E-state index contributed by atoms with van der Waals surface area (Å²) in [7, 11) is 0. The maximum absolute atomic E-state index is 12.8. The zero-order chi connectivity index (χ0) is 12.0. The lowest BCUT2D eigenvalue weighted by atomic mass is 10.2. The molecule has 1 rings (SSSR count). The maximum Gasteiger partial charge on any atom is 0.129 e. The average Bonchev–Trinajstić information content (AvgIpc) is 2.15. The molecular weight excluding hydrogens is 232 g/mol. The van der Waals surface area contributed by atoms with Crippen LogP contribution in [0.1, 0.15) is 19.3 Å². The van der Waals surface area contributed by atoms with Crippen molar-refractivity contribution < 1.29 is 13.5 Å². The molecule has 0 amide bonds. The summed E-state index contributed by atoms with van der Waals surface area (Å²) in [5.74, 6) is -1.08. The van der Waals surface area contributed by atoms with Crippen LogP contribution in [0, 0.1) is 11.6 Å². The highest BCUT2D eigenvalue weighted by atomic mass is 32.1. The highest BCUT2D eigenvalue weighted by Crippen LogP contribution is 2.15. The number of unbranched alkanes of at least 4 members (excludes halogenated alkanes) is 1. The van der Waals surface area contributed by atoms with E-state index in [1.807, 2.05) is 0 Å². The van der Waals surface area contributed by atoms with E-state index in [1.165, 1.54) is 0 Å². The van der Waals surface area contributed by atoms with Crippen molar-refractivity contribution in [3.63, 3.8) is 0 Å². The number of ether oxygens (including phenoxy) is 1. The molecule has 0 aliphatic heterocycles. The highest BCUT2D eigenvalue weighted by Gasteiger charge is 2.01. The van der Waals surface area contributed by atoms with Crippen LogP contribution in [0.25, 0.3) is 0 Å². The van der Waals surface area contributed by atoms with Crippen molar-refractivity contribution in [1.82, 2.24) is 0 Å². The Balaban J connectivity index is 2.29. The molecule has 0 unspecified atom stereocenters. The molecule has 16 heavy (non-hydrogen) atoms. The lowest BCUT2D eigenvalue weighted by Gasteiger charge is -2.06. The molecule has 0 atom stereocenters. The van der Waals surface area contributed by atoms with E-state index in [0.717, 1.165) is 31.0 Å². The minimum absolute atomic E-state index is 0.202. The second kappa shape index (κ2) is 6.37. The first-order chi connectivity index (χ1) is 7.58. The van der Waals surface area contributed by atoms with Crippen LogP contribution >= 0.6 is 12.2 Å². The van der Waals surface area contributed by atoms with Crippen molar-refractivity contribution >= 4 is 17.2 Å². The molecule has 5 heteroatoms. The summed E-state index contributed by atoms with van der Waals surface area (Å²) in [5.41, 5.74) is 5.32. The fraction of sp³-hybridized carbons (Fsp3) is 0.364. The van der Waals surface area contributed by atoms with E-state index in [1.54, 1.807) is 0 Å². The number of halogens is 2. The molecule has 2 nitrogen and oxygen atoms in total. The Hall–Kier alpha value is -1.23. The van der Waals surface area contributed by atoms with Gasteiger partial charge in [0.1, 0.15) is 17.4 Å². The zero-order valence-corrected chi connectivity index (χ0v) is 9.53. The van der Waals surface area contributed by atoms with Crippen LogP contribution in [-0.4, -0.2) is 11.6 Å². The first-order valence-corrected chi connectivity index (χ1v) is 5.36. The molecule has 2 N–H and O–H groups in total. The van der Waals surface area contributed by atoms with Crippen LogP contribution < -0.4 is 10.5 Å². The van der Waals surface area contributed by atoms with Gasteiger partial charge in [-0.05, 0) is 19.3 Å². The number of rotatable bonds is 6. The lowest BCUT2D eigenvalue weighted by molar-refractivity contribution is 0.304. The Kier molecular flexibility index (Phi) is 5.11. The first kappa shape index (κ1) is 12.8. The van der Waals surface area contributed by atoms with Gasteiger partial charge in [-0.2, -0.15) is 0 Å². The summed E-state index contributed by atoms with van der Waals surface area (Å²) in [6.45, 7) is 0.394. The molecule has 1 aromatic rings. The van der Waals surface area contributed by atoms with E-state index < -0.39 is 11.6 Å². The molecule has 0 saturated heterocycles. The number of nitrogens with two attached hydrogens (primary N) is 1. The minimum Gasteiger partial charge on any atom is -0.493 e. The number of hydrogen-bond donors (Lipinski definition) is 1. The number of hydrogen-bond acceptors (Lipinski definition) is 2. The second-order valence-electron chi connectivity index (χ2n) is 3.38. The van der Waals surface area contributed by atoms with Crippen molar-refractivity contribution in [3.8, 4) is 5.75 Å². The van der Waals surface area contributed by atoms with Crippen molar-refractivity contribution in [2.75, 3.05) is 6.61 Å². The fourth-order valence-corrected chi connectivity index (χ4v) is 1.35. The molecule has 0 radical (unpaired) electrons. The standard InChI is InChI=1S/C11H13F2NOS/c12-8-5-9(13)7-10(6-8)15-4-2-1-3-11(14)16/h5-7H,1-4H2,(H2,14,16). The van der Waals surface area contributed by atoms with Gasteiger partial charge in [-0.25, -0.2) is 8.78 Å². The predicted molar refractivity (Wildman–Crippen MR) is 62.5 cm³/mol. The molecule has 0 spiro atoms. The summed E-state index contributed by atoms with van der Waals surface area (Å²) >= 11 is 4.71. The molecule has 0 heterocycles. The Morgan fingerprint density at radius 3 is 2.38 bits per heavy atom. The summed E-state index contributed by atoms with van der Waals surface area (Å²) in [4.78, 5) is 0.469. The fourth-order valence-electron chi connectivity index (χ4n) is 1.20. The summed E-state index contributed by atoms with van der Waals surface area (Å²) < 4.78 is 30.7. The van der Waals surface area contributed by atoms with Gasteiger partial charge in [0, 0.05) is 18.2 Å². The van der Waals surface area contributed by atoms with Crippen LogP contribution in [0.2, 0.25) is 0 Å². The van der Waals surface area contributed by atoms with Gasteiger partial charge in [-0.1, -0.05) is 12.2 Å². The van der Waals surface area contributed by atoms with E-state index in [-0.39, 0.29) is 5.75 Å². The Labute approximate surface area is 98.4 Å². The van der Waals surface area contributed by atoms with Gasteiger partial charge < -0.3 is 10.5 Å². The second-order valence-corrected chi connectivity index (χ2v) is 3.90. The normalized spacial score (nSPS) is 10.1. The molecule has 0 fully saturated rings. The summed E-state index contributed by atoms with van der Waals surface area (Å²) in [6, 6.07) is 3.10. The van der Waals surface area contributed by atoms with Crippen LogP contribution in [0.5, 0.6) is 5.75 Å². The molecule has 0 aromatic heterocycles. The van der Waals surface area contributed by atoms with Crippen LogP contribution in [0.4, 0.5) is 8.78 Å². The van der Waals surface area contributed by atoms with Gasteiger partial charge in [-0.15, -0.1) is 0 Å². The largest absolute Gasteiger partial charge is 0.493 e.